The summed E-state index contributed by atoms with van der Waals surface area (Å²) in [6.45, 7) is 0. The van der Waals surface area contributed by atoms with Crippen molar-refractivity contribution in [2.24, 2.45) is 0 Å². The van der Waals surface area contributed by atoms with Gasteiger partial charge in [-0.05, 0) is 12.1 Å². The first-order chi connectivity index (χ1) is 5.29. The van der Waals surface area contributed by atoms with E-state index in [1.54, 1.807) is 16.9 Å². The van der Waals surface area contributed by atoms with Gasteiger partial charge in [-0.15, -0.1) is 0 Å². The Labute approximate surface area is 63.2 Å². The van der Waals surface area contributed by atoms with Gasteiger partial charge >= 0.3 is 7.12 Å². The van der Waals surface area contributed by atoms with Gasteiger partial charge in [0.25, 0.3) is 0 Å². The van der Waals surface area contributed by atoms with E-state index in [0.29, 0.717) is 5.46 Å². The average Bonchev–Trinajstić information content (AvgIpc) is 2.41. The molecule has 0 fully saturated rings. The van der Waals surface area contributed by atoms with Gasteiger partial charge in [0.05, 0.1) is 5.52 Å². The Bertz CT molecular complexity index is 365. The van der Waals surface area contributed by atoms with Crippen LogP contribution in [0.5, 0.6) is 0 Å². The fourth-order valence-corrected chi connectivity index (χ4v) is 1.15. The number of aromatic amines is 1. The van der Waals surface area contributed by atoms with Gasteiger partial charge < -0.3 is 15.1 Å². The minimum Gasteiger partial charge on any atom is -0.423 e. The van der Waals surface area contributed by atoms with E-state index >= 15 is 0 Å². The van der Waals surface area contributed by atoms with E-state index in [2.05, 4.69) is 5.10 Å². The second kappa shape index (κ2) is 2.15. The highest BCUT2D eigenvalue weighted by atomic mass is 16.4. The zero-order chi connectivity index (χ0) is 7.84. The summed E-state index contributed by atoms with van der Waals surface area (Å²) in [5.74, 6) is 0. The van der Waals surface area contributed by atoms with Crippen molar-refractivity contribution < 1.29 is 10.0 Å². The summed E-state index contributed by atoms with van der Waals surface area (Å²) in [5.41, 5.74) is 1.29. The summed E-state index contributed by atoms with van der Waals surface area (Å²) >= 11 is 0. The minimum atomic E-state index is -1.40. The number of fused-ring (bicyclic) bond motifs is 1. The molecule has 0 aliphatic carbocycles. The number of hydrogen-bond donors (Lipinski definition) is 3. The normalized spacial score (nSPS) is 10.7. The second-order valence-electron chi connectivity index (χ2n) is 2.37. The van der Waals surface area contributed by atoms with E-state index in [1.807, 2.05) is 12.1 Å². The van der Waals surface area contributed by atoms with Gasteiger partial charge in [0, 0.05) is 17.9 Å². The van der Waals surface area contributed by atoms with Gasteiger partial charge in [0.1, 0.15) is 0 Å². The molecule has 2 aromatic heterocycles. The Hall–Kier alpha value is -1.20. The number of rotatable bonds is 1. The topological polar surface area (TPSA) is 60.7 Å². The van der Waals surface area contributed by atoms with Gasteiger partial charge in [-0.3, -0.25) is 4.52 Å². The van der Waals surface area contributed by atoms with Crippen LogP contribution in [0.2, 0.25) is 0 Å². The summed E-state index contributed by atoms with van der Waals surface area (Å²) < 4.78 is 1.72. The molecule has 0 aliphatic rings. The molecule has 2 heterocycles. The molecule has 0 bridgehead atoms. The van der Waals surface area contributed by atoms with Crippen molar-refractivity contribution in [1.82, 2.24) is 9.61 Å². The van der Waals surface area contributed by atoms with E-state index in [4.69, 9.17) is 10.0 Å². The average molecular weight is 150 g/mol. The predicted molar refractivity (Wildman–Crippen MR) is 41.6 cm³/mol. The lowest BCUT2D eigenvalue weighted by atomic mass is 9.82. The van der Waals surface area contributed by atoms with Crippen LogP contribution in [0.3, 0.4) is 0 Å². The second-order valence-corrected chi connectivity index (χ2v) is 2.37. The fourth-order valence-electron chi connectivity index (χ4n) is 1.15. The number of H-pyrrole nitrogens is 1. The molecule has 0 radical (unpaired) electrons. The van der Waals surface area contributed by atoms with Gasteiger partial charge in [-0.1, -0.05) is 0 Å². The molecule has 56 valence electrons. The highest BCUT2D eigenvalue weighted by Gasteiger charge is 2.15. The van der Waals surface area contributed by atoms with Crippen molar-refractivity contribution in [1.29, 1.82) is 0 Å². The Kier molecular flexibility index (Phi) is 1.27. The zero-order valence-electron chi connectivity index (χ0n) is 5.73. The highest BCUT2D eigenvalue weighted by molar-refractivity contribution is 6.61. The number of nitrogens with zero attached hydrogens (tertiary/aromatic N) is 1. The van der Waals surface area contributed by atoms with E-state index < -0.39 is 7.12 Å². The molecular weight excluding hydrogens is 143 g/mol. The van der Waals surface area contributed by atoms with Crippen LogP contribution in [0.1, 0.15) is 0 Å². The summed E-state index contributed by atoms with van der Waals surface area (Å²) in [5, 5.41) is 20.5. The first-order valence-electron chi connectivity index (χ1n) is 3.29. The first kappa shape index (κ1) is 6.51. The van der Waals surface area contributed by atoms with Crippen LogP contribution in [-0.4, -0.2) is 26.8 Å². The molecule has 0 atom stereocenters. The van der Waals surface area contributed by atoms with Crippen molar-refractivity contribution in [3.05, 3.63) is 24.5 Å². The Morgan fingerprint density at radius 1 is 1.45 bits per heavy atom. The van der Waals surface area contributed by atoms with Gasteiger partial charge in [-0.2, -0.15) is 0 Å². The summed E-state index contributed by atoms with van der Waals surface area (Å²) in [6.07, 6.45) is 3.38. The Morgan fingerprint density at radius 2 is 2.27 bits per heavy atom. The third kappa shape index (κ3) is 0.858. The first-order valence-corrected chi connectivity index (χ1v) is 3.29. The number of hydrogen-bond acceptors (Lipinski definition) is 2. The van der Waals surface area contributed by atoms with Crippen LogP contribution < -0.4 is 5.46 Å². The minimum absolute atomic E-state index is 0.495. The maximum Gasteiger partial charge on any atom is 0.492 e. The predicted octanol–water partition coefficient (Wildman–Crippen LogP) is -1.05. The Balaban J connectivity index is 2.68. The van der Waals surface area contributed by atoms with Crippen molar-refractivity contribution in [2.75, 3.05) is 0 Å². The standard InChI is InChI=1S/C6H7BN2O2/c10-7(11)5-4-8-9-3-1-2-6(5)9/h1-4,8,10-11H. The molecule has 0 aromatic carbocycles. The molecule has 0 unspecified atom stereocenters. The zero-order valence-corrected chi connectivity index (χ0v) is 5.73. The molecule has 5 heteroatoms. The fraction of sp³-hybridized carbons (Fsp3) is 0. The van der Waals surface area contributed by atoms with Crippen LogP contribution in [0.15, 0.2) is 24.5 Å². The quantitative estimate of drug-likeness (QED) is 0.454. The van der Waals surface area contributed by atoms with Crippen LogP contribution in [0.25, 0.3) is 5.52 Å². The molecule has 0 aliphatic heterocycles. The molecule has 4 nitrogen and oxygen atoms in total. The summed E-state index contributed by atoms with van der Waals surface area (Å²) in [6, 6.07) is 3.64. The molecule has 3 N–H and O–H groups in total. The van der Waals surface area contributed by atoms with E-state index in [-0.39, 0.29) is 0 Å². The smallest absolute Gasteiger partial charge is 0.423 e. The van der Waals surface area contributed by atoms with Crippen LogP contribution >= 0.6 is 0 Å². The highest BCUT2D eigenvalue weighted by Crippen LogP contribution is 1.99. The van der Waals surface area contributed by atoms with Crippen LogP contribution in [-0.2, 0) is 0 Å². The lowest BCUT2D eigenvalue weighted by Crippen LogP contribution is -2.28. The molecular formula is C6H7BN2O2. The molecule has 0 saturated carbocycles. The third-order valence-corrected chi connectivity index (χ3v) is 1.68. The van der Waals surface area contributed by atoms with E-state index in [0.717, 1.165) is 5.52 Å². The number of aromatic nitrogens is 2. The van der Waals surface area contributed by atoms with Gasteiger partial charge in [-0.25, -0.2) is 0 Å². The van der Waals surface area contributed by atoms with Gasteiger partial charge in [0.15, 0.2) is 0 Å². The molecule has 2 aromatic rings. The maximum absolute atomic E-state index is 8.85. The summed E-state index contributed by atoms with van der Waals surface area (Å²) in [4.78, 5) is 0. The lowest BCUT2D eigenvalue weighted by Gasteiger charge is -1.90. The van der Waals surface area contributed by atoms with Crippen LogP contribution in [0.4, 0.5) is 0 Å². The van der Waals surface area contributed by atoms with E-state index in [1.165, 1.54) is 0 Å². The van der Waals surface area contributed by atoms with Crippen molar-refractivity contribution in [3.8, 4) is 0 Å². The molecule has 0 saturated heterocycles. The van der Waals surface area contributed by atoms with Crippen molar-refractivity contribution >= 4 is 18.1 Å². The summed E-state index contributed by atoms with van der Waals surface area (Å²) in [7, 11) is -1.40. The third-order valence-electron chi connectivity index (χ3n) is 1.68. The Morgan fingerprint density at radius 3 is 3.00 bits per heavy atom. The molecule has 11 heavy (non-hydrogen) atoms. The molecule has 0 spiro atoms. The van der Waals surface area contributed by atoms with Crippen LogP contribution in [0, 0.1) is 0 Å². The van der Waals surface area contributed by atoms with Gasteiger partial charge in [0.2, 0.25) is 0 Å². The van der Waals surface area contributed by atoms with Crippen molar-refractivity contribution in [2.45, 2.75) is 0 Å². The van der Waals surface area contributed by atoms with E-state index in [9.17, 15) is 0 Å². The number of nitrogens with one attached hydrogen (secondary N) is 1. The van der Waals surface area contributed by atoms with Crippen molar-refractivity contribution in [3.63, 3.8) is 0 Å². The monoisotopic (exact) mass is 150 g/mol. The largest absolute Gasteiger partial charge is 0.492 e. The lowest BCUT2D eigenvalue weighted by molar-refractivity contribution is 0.426. The maximum atomic E-state index is 8.85. The molecule has 2 rings (SSSR count). The molecule has 0 amide bonds. The SMILES string of the molecule is OB(O)c1c[nH]n2cccc12.